The van der Waals surface area contributed by atoms with Gasteiger partial charge in [-0.2, -0.15) is 0 Å². The highest BCUT2D eigenvalue weighted by Gasteiger charge is 2.59. The van der Waals surface area contributed by atoms with Gasteiger partial charge in [0, 0.05) is 11.3 Å². The smallest absolute Gasteiger partial charge is 0.417 e. The van der Waals surface area contributed by atoms with Crippen LogP contribution in [0.5, 0.6) is 0 Å². The maximum Gasteiger partial charge on any atom is 0.417 e. The Bertz CT molecular complexity index is 774. The summed E-state index contributed by atoms with van der Waals surface area (Å²) in [6, 6.07) is 19.3. The number of amides is 2. The van der Waals surface area contributed by atoms with E-state index in [2.05, 4.69) is 6.92 Å². The van der Waals surface area contributed by atoms with E-state index in [1.165, 1.54) is 4.90 Å². The first kappa shape index (κ1) is 14.9. The SMILES string of the molecule is C[C@@]1(c2ccccc2)C[C@@H]1C(=O)N1C(=O)OCC1c1ccccc1. The van der Waals surface area contributed by atoms with Crippen LogP contribution >= 0.6 is 0 Å². The van der Waals surface area contributed by atoms with E-state index in [4.69, 9.17) is 4.74 Å². The molecule has 1 heterocycles. The number of benzene rings is 2. The fraction of sp³-hybridized carbons (Fsp3) is 0.300. The Hall–Kier alpha value is -2.62. The van der Waals surface area contributed by atoms with Crippen molar-refractivity contribution >= 4 is 12.0 Å². The number of rotatable bonds is 3. The van der Waals surface area contributed by atoms with Gasteiger partial charge in [0.2, 0.25) is 5.91 Å². The third-order valence-corrected chi connectivity index (χ3v) is 5.26. The van der Waals surface area contributed by atoms with E-state index in [1.807, 2.05) is 60.7 Å². The summed E-state index contributed by atoms with van der Waals surface area (Å²) in [7, 11) is 0. The van der Waals surface area contributed by atoms with Gasteiger partial charge in [0.05, 0.1) is 0 Å². The van der Waals surface area contributed by atoms with E-state index in [1.54, 1.807) is 0 Å². The van der Waals surface area contributed by atoms with Crippen LogP contribution in [0.4, 0.5) is 4.79 Å². The van der Waals surface area contributed by atoms with Crippen molar-refractivity contribution in [1.29, 1.82) is 0 Å². The van der Waals surface area contributed by atoms with Gasteiger partial charge in [-0.05, 0) is 17.5 Å². The van der Waals surface area contributed by atoms with Gasteiger partial charge < -0.3 is 4.74 Å². The molecule has 0 radical (unpaired) electrons. The van der Waals surface area contributed by atoms with Crippen LogP contribution < -0.4 is 0 Å². The van der Waals surface area contributed by atoms with Gasteiger partial charge in [0.1, 0.15) is 12.6 Å². The monoisotopic (exact) mass is 321 g/mol. The Labute approximate surface area is 141 Å². The molecule has 2 fully saturated rings. The standard InChI is InChI=1S/C20H19NO3/c1-20(15-10-6-3-7-11-15)12-16(20)18(22)21-17(13-24-19(21)23)14-8-4-2-5-9-14/h2-11,16-17H,12-13H2,1H3/t16-,17?,20+/m1/s1. The number of ether oxygens (including phenoxy) is 1. The van der Waals surface area contributed by atoms with E-state index in [9.17, 15) is 9.59 Å². The van der Waals surface area contributed by atoms with Crippen LogP contribution in [0.2, 0.25) is 0 Å². The first-order valence-corrected chi connectivity index (χ1v) is 8.21. The lowest BCUT2D eigenvalue weighted by Crippen LogP contribution is -2.36. The van der Waals surface area contributed by atoms with E-state index >= 15 is 0 Å². The quantitative estimate of drug-likeness (QED) is 0.866. The molecule has 2 amide bonds. The second kappa shape index (κ2) is 5.48. The van der Waals surface area contributed by atoms with Crippen molar-refractivity contribution in [2.75, 3.05) is 6.61 Å². The van der Waals surface area contributed by atoms with Crippen LogP contribution in [0.3, 0.4) is 0 Å². The van der Waals surface area contributed by atoms with Gasteiger partial charge in [-0.25, -0.2) is 9.69 Å². The molecule has 1 aliphatic carbocycles. The zero-order valence-corrected chi connectivity index (χ0v) is 13.5. The van der Waals surface area contributed by atoms with Crippen molar-refractivity contribution in [1.82, 2.24) is 4.90 Å². The van der Waals surface area contributed by atoms with E-state index in [0.717, 1.165) is 17.5 Å². The summed E-state index contributed by atoms with van der Waals surface area (Å²) in [6.07, 6.45) is 0.234. The van der Waals surface area contributed by atoms with Crippen LogP contribution in [-0.2, 0) is 14.9 Å². The minimum atomic E-state index is -0.531. The first-order chi connectivity index (χ1) is 11.6. The van der Waals surface area contributed by atoms with Crippen molar-refractivity contribution in [2.24, 2.45) is 5.92 Å². The Kier molecular flexibility index (Phi) is 3.41. The van der Waals surface area contributed by atoms with Gasteiger partial charge in [-0.1, -0.05) is 67.6 Å². The van der Waals surface area contributed by atoms with Crippen LogP contribution in [-0.4, -0.2) is 23.5 Å². The molecule has 1 aliphatic heterocycles. The van der Waals surface area contributed by atoms with Gasteiger partial charge in [0.15, 0.2) is 0 Å². The lowest BCUT2D eigenvalue weighted by atomic mass is 9.95. The van der Waals surface area contributed by atoms with Crippen LogP contribution in [0, 0.1) is 5.92 Å². The molecule has 0 spiro atoms. The maximum atomic E-state index is 13.0. The number of nitrogens with zero attached hydrogens (tertiary/aromatic N) is 1. The topological polar surface area (TPSA) is 46.6 Å². The maximum absolute atomic E-state index is 13.0. The number of carbonyl (C=O) groups is 2. The molecule has 4 heteroatoms. The zero-order chi connectivity index (χ0) is 16.7. The average Bonchev–Trinajstić information content (AvgIpc) is 3.18. The summed E-state index contributed by atoms with van der Waals surface area (Å²) in [5, 5.41) is 0. The van der Waals surface area contributed by atoms with Crippen molar-refractivity contribution < 1.29 is 14.3 Å². The van der Waals surface area contributed by atoms with Crippen molar-refractivity contribution in [2.45, 2.75) is 24.8 Å². The second-order valence-corrected chi connectivity index (χ2v) is 6.75. The number of imide groups is 1. The predicted octanol–water partition coefficient (Wildman–Crippen LogP) is 3.68. The number of hydrogen-bond acceptors (Lipinski definition) is 3. The number of carbonyl (C=O) groups excluding carboxylic acids is 2. The molecule has 24 heavy (non-hydrogen) atoms. The molecule has 0 bridgehead atoms. The molecule has 0 aromatic heterocycles. The van der Waals surface area contributed by atoms with Crippen LogP contribution in [0.15, 0.2) is 60.7 Å². The molecule has 4 rings (SSSR count). The van der Waals surface area contributed by atoms with Crippen LogP contribution in [0.1, 0.15) is 30.5 Å². The first-order valence-electron chi connectivity index (χ1n) is 8.21. The lowest BCUT2D eigenvalue weighted by molar-refractivity contribution is -0.131. The number of hydrogen-bond donors (Lipinski definition) is 0. The summed E-state index contributed by atoms with van der Waals surface area (Å²) >= 11 is 0. The molecule has 1 unspecified atom stereocenters. The fourth-order valence-electron chi connectivity index (χ4n) is 3.62. The summed E-state index contributed by atoms with van der Waals surface area (Å²) in [5.74, 6) is -0.297. The zero-order valence-electron chi connectivity index (χ0n) is 13.5. The third-order valence-electron chi connectivity index (χ3n) is 5.26. The average molecular weight is 321 g/mol. The summed E-state index contributed by atoms with van der Waals surface area (Å²) in [4.78, 5) is 26.5. The Balaban J connectivity index is 1.59. The summed E-state index contributed by atoms with van der Waals surface area (Å²) < 4.78 is 5.17. The highest BCUT2D eigenvalue weighted by atomic mass is 16.6. The fourth-order valence-corrected chi connectivity index (χ4v) is 3.62. The summed E-state index contributed by atoms with van der Waals surface area (Å²) in [6.45, 7) is 2.31. The van der Waals surface area contributed by atoms with Gasteiger partial charge in [0.25, 0.3) is 0 Å². The van der Waals surface area contributed by atoms with E-state index in [-0.39, 0.29) is 29.9 Å². The van der Waals surface area contributed by atoms with Crippen molar-refractivity contribution in [3.63, 3.8) is 0 Å². The summed E-state index contributed by atoms with van der Waals surface area (Å²) in [5.41, 5.74) is 1.88. The van der Waals surface area contributed by atoms with Gasteiger partial charge in [-0.3, -0.25) is 4.79 Å². The highest BCUT2D eigenvalue weighted by Crippen LogP contribution is 2.55. The second-order valence-electron chi connectivity index (χ2n) is 6.75. The largest absolute Gasteiger partial charge is 0.446 e. The minimum absolute atomic E-state index is 0.127. The molecule has 4 nitrogen and oxygen atoms in total. The molecule has 2 aromatic carbocycles. The van der Waals surface area contributed by atoms with Crippen molar-refractivity contribution in [3.05, 3.63) is 71.8 Å². The van der Waals surface area contributed by atoms with Gasteiger partial charge >= 0.3 is 6.09 Å². The number of cyclic esters (lactones) is 1. The predicted molar refractivity (Wildman–Crippen MR) is 89.3 cm³/mol. The van der Waals surface area contributed by atoms with Crippen LogP contribution in [0.25, 0.3) is 0 Å². The molecule has 3 atom stereocenters. The Morgan fingerprint density at radius 1 is 1.08 bits per heavy atom. The molecule has 2 aliphatic rings. The third kappa shape index (κ3) is 2.30. The molecule has 1 saturated carbocycles. The highest BCUT2D eigenvalue weighted by molar-refractivity contribution is 5.97. The normalized spacial score (nSPS) is 28.5. The van der Waals surface area contributed by atoms with Crippen molar-refractivity contribution in [3.8, 4) is 0 Å². The molecule has 2 aromatic rings. The molecule has 122 valence electrons. The van der Waals surface area contributed by atoms with E-state index < -0.39 is 6.09 Å². The molecular formula is C20H19NO3. The van der Waals surface area contributed by atoms with Gasteiger partial charge in [-0.15, -0.1) is 0 Å². The molecule has 0 N–H and O–H groups in total. The Morgan fingerprint density at radius 2 is 1.71 bits per heavy atom. The molecule has 1 saturated heterocycles. The Morgan fingerprint density at radius 3 is 2.38 bits per heavy atom. The lowest BCUT2D eigenvalue weighted by Gasteiger charge is -2.21. The minimum Gasteiger partial charge on any atom is -0.446 e. The van der Waals surface area contributed by atoms with E-state index in [0.29, 0.717) is 0 Å². The molecular weight excluding hydrogens is 302 g/mol.